The van der Waals surface area contributed by atoms with Crippen molar-refractivity contribution in [2.45, 2.75) is 127 Å². The number of aromatic nitrogens is 3. The highest BCUT2D eigenvalue weighted by Crippen LogP contribution is 2.52. The molecule has 0 spiro atoms. The summed E-state index contributed by atoms with van der Waals surface area (Å²) >= 11 is 0. The van der Waals surface area contributed by atoms with Crippen molar-refractivity contribution in [3.05, 3.63) is 87.5 Å². The van der Waals surface area contributed by atoms with E-state index in [1.54, 1.807) is 0 Å². The van der Waals surface area contributed by atoms with E-state index in [1.165, 1.54) is 12.0 Å². The molecule has 11 heteroatoms. The molecule has 2 aromatic heterocycles. The molecule has 1 N–H and O–H groups in total. The van der Waals surface area contributed by atoms with Gasteiger partial charge in [-0.25, -0.2) is 23.1 Å². The van der Waals surface area contributed by atoms with Gasteiger partial charge in [0.05, 0.1) is 17.4 Å². The lowest BCUT2D eigenvalue weighted by Crippen LogP contribution is -2.36. The smallest absolute Gasteiger partial charge is 0.388 e. The van der Waals surface area contributed by atoms with E-state index < -0.39 is 35.9 Å². The van der Waals surface area contributed by atoms with Gasteiger partial charge in [-0.2, -0.15) is 13.2 Å². The van der Waals surface area contributed by atoms with E-state index in [0.29, 0.717) is 67.2 Å². The first-order valence-corrected chi connectivity index (χ1v) is 18.4. The normalized spacial score (nSPS) is 23.4. The van der Waals surface area contributed by atoms with Gasteiger partial charge in [-0.1, -0.05) is 32.1 Å². The number of fused-ring (bicyclic) bond motifs is 1. The van der Waals surface area contributed by atoms with Gasteiger partial charge in [0.2, 0.25) is 11.9 Å². The quantitative estimate of drug-likeness (QED) is 0.258. The molecule has 1 saturated carbocycles. The van der Waals surface area contributed by atoms with Crippen LogP contribution in [0.2, 0.25) is 0 Å². The van der Waals surface area contributed by atoms with Crippen molar-refractivity contribution >= 4 is 11.5 Å². The highest BCUT2D eigenvalue weighted by Gasteiger charge is 2.44. The number of benzene rings is 1. The van der Waals surface area contributed by atoms with Crippen molar-refractivity contribution in [2.24, 2.45) is 5.41 Å². The summed E-state index contributed by atoms with van der Waals surface area (Å²) in [6.45, 7) is 5.26. The van der Waals surface area contributed by atoms with Gasteiger partial charge in [0.25, 0.3) is 0 Å². The zero-order valence-electron chi connectivity index (χ0n) is 29.3. The van der Waals surface area contributed by atoms with E-state index >= 15 is 4.39 Å². The number of hydrogen-bond donors (Lipinski definition) is 1. The maximum atomic E-state index is 17.3. The molecule has 274 valence electrons. The van der Waals surface area contributed by atoms with Crippen LogP contribution in [-0.4, -0.2) is 39.1 Å². The Hall–Kier alpha value is -3.47. The number of anilines is 1. The van der Waals surface area contributed by atoms with Crippen LogP contribution in [0.1, 0.15) is 153 Å². The number of rotatable bonds is 6. The fraction of sp³-hybridized carbons (Fsp3) is 0.575. The molecule has 2 fully saturated rings. The summed E-state index contributed by atoms with van der Waals surface area (Å²) in [5.74, 6) is -2.85. The Morgan fingerprint density at radius 2 is 1.57 bits per heavy atom. The van der Waals surface area contributed by atoms with Crippen LogP contribution in [-0.2, 0) is 12.6 Å². The van der Waals surface area contributed by atoms with E-state index in [9.17, 15) is 27.1 Å². The third kappa shape index (κ3) is 7.55. The number of alkyl halides is 6. The summed E-state index contributed by atoms with van der Waals surface area (Å²) in [4.78, 5) is 16.6. The first-order valence-electron chi connectivity index (χ1n) is 18.4. The maximum Gasteiger partial charge on any atom is 0.416 e. The Labute approximate surface area is 295 Å². The summed E-state index contributed by atoms with van der Waals surface area (Å²) in [5.41, 5.74) is 3.67. The van der Waals surface area contributed by atoms with E-state index in [2.05, 4.69) is 20.9 Å². The first-order chi connectivity index (χ1) is 24.2. The molecule has 0 radical (unpaired) electrons. The van der Waals surface area contributed by atoms with Crippen LogP contribution in [0.4, 0.5) is 32.3 Å². The van der Waals surface area contributed by atoms with Crippen LogP contribution in [0, 0.1) is 5.41 Å². The lowest BCUT2D eigenvalue weighted by Gasteiger charge is -2.41. The lowest BCUT2D eigenvalue weighted by atomic mass is 9.68. The van der Waals surface area contributed by atoms with Gasteiger partial charge in [0.1, 0.15) is 0 Å². The number of piperidine rings is 1. The number of aliphatic hydroxyl groups is 1. The largest absolute Gasteiger partial charge is 0.416 e. The summed E-state index contributed by atoms with van der Waals surface area (Å²) < 4.78 is 86.6. The van der Waals surface area contributed by atoms with Crippen LogP contribution < -0.4 is 4.90 Å². The second-order valence-corrected chi connectivity index (χ2v) is 15.9. The Bertz CT molecular complexity index is 1740. The summed E-state index contributed by atoms with van der Waals surface area (Å²) in [5, 5.41) is 11.6. The van der Waals surface area contributed by atoms with Crippen molar-refractivity contribution in [3.8, 4) is 0 Å². The lowest BCUT2D eigenvalue weighted by molar-refractivity contribution is -0.137. The molecule has 3 heterocycles. The minimum Gasteiger partial charge on any atom is -0.388 e. The van der Waals surface area contributed by atoms with Crippen molar-refractivity contribution in [3.63, 3.8) is 0 Å². The molecular weight excluding hydrogens is 666 g/mol. The first kappa shape index (κ1) is 35.9. The molecule has 0 bridgehead atoms. The number of pyridine rings is 1. The second-order valence-electron chi connectivity index (χ2n) is 15.9. The Morgan fingerprint density at radius 1 is 0.902 bits per heavy atom. The van der Waals surface area contributed by atoms with Gasteiger partial charge in [0.15, 0.2) is 6.17 Å². The van der Waals surface area contributed by atoms with Crippen LogP contribution in [0.5, 0.6) is 0 Å². The molecule has 4 aliphatic rings. The number of allylic oxidation sites excluding steroid dienone is 2. The highest BCUT2D eigenvalue weighted by atomic mass is 19.4. The molecule has 3 aromatic rings. The molecule has 5 nitrogen and oxygen atoms in total. The predicted molar refractivity (Wildman–Crippen MR) is 185 cm³/mol. The van der Waals surface area contributed by atoms with Gasteiger partial charge in [-0.3, -0.25) is 4.98 Å². The molecule has 7 rings (SSSR count). The van der Waals surface area contributed by atoms with Gasteiger partial charge in [-0.05, 0) is 104 Å². The number of halogens is 6. The average molecular weight is 713 g/mol. The van der Waals surface area contributed by atoms with Crippen LogP contribution >= 0.6 is 0 Å². The van der Waals surface area contributed by atoms with Gasteiger partial charge in [-0.15, -0.1) is 0 Å². The van der Waals surface area contributed by atoms with Crippen molar-refractivity contribution < 1.29 is 31.4 Å². The minimum absolute atomic E-state index is 0.0398. The van der Waals surface area contributed by atoms with E-state index in [1.807, 2.05) is 26.2 Å². The zero-order chi connectivity index (χ0) is 36.1. The van der Waals surface area contributed by atoms with Gasteiger partial charge >= 0.3 is 6.18 Å². The third-order valence-corrected chi connectivity index (χ3v) is 11.5. The summed E-state index contributed by atoms with van der Waals surface area (Å²) in [7, 11) is 0. The van der Waals surface area contributed by atoms with Crippen molar-refractivity contribution in [1.29, 1.82) is 0 Å². The SMILES string of the molecule is CC1(C)Cc2nc(C3CCN(c4ncc(C5=CCCCC5)cn4)CC3)c(C(F)c3ccc(C(F)(F)F)cc3)c(C3CCC(F)(F)CC3)c2[C@@H](O)C1. The monoisotopic (exact) mass is 712 g/mol. The Balaban J connectivity index is 1.27. The molecule has 0 amide bonds. The number of nitrogens with zero attached hydrogens (tertiary/aromatic N) is 4. The van der Waals surface area contributed by atoms with Crippen LogP contribution in [0.3, 0.4) is 0 Å². The highest BCUT2D eigenvalue weighted by molar-refractivity contribution is 5.65. The Morgan fingerprint density at radius 3 is 2.18 bits per heavy atom. The topological polar surface area (TPSA) is 62.1 Å². The molecule has 1 aromatic carbocycles. The average Bonchev–Trinajstić information content (AvgIpc) is 3.10. The summed E-state index contributed by atoms with van der Waals surface area (Å²) in [6.07, 6.45) is 4.72. The molecule has 3 aliphatic carbocycles. The molecule has 51 heavy (non-hydrogen) atoms. The van der Waals surface area contributed by atoms with Gasteiger partial charge in [0, 0.05) is 66.6 Å². The predicted octanol–water partition coefficient (Wildman–Crippen LogP) is 10.6. The standard InChI is InChI=1S/C40H46F6N4O/c1-38(2)20-30-33(31(51)21-38)32(25-12-16-39(42,43)17-13-25)34(35(41)26-8-10-29(11-9-26)40(44,45)46)36(49-30)27-14-18-50(19-15-27)37-47-22-28(23-48-37)24-6-4-3-5-7-24/h6,8-11,22-23,25,27,31,35,51H,3-5,7,12-21H2,1-2H3/t31-,35?/m0/s1. The molecular formula is C40H46F6N4O. The van der Waals surface area contributed by atoms with E-state index in [-0.39, 0.29) is 48.1 Å². The fourth-order valence-electron chi connectivity index (χ4n) is 8.82. The molecule has 1 aliphatic heterocycles. The third-order valence-electron chi connectivity index (χ3n) is 11.5. The maximum absolute atomic E-state index is 17.3. The number of aliphatic hydroxyl groups excluding tert-OH is 1. The Kier molecular flexibility index (Phi) is 9.73. The van der Waals surface area contributed by atoms with Crippen molar-refractivity contribution in [2.75, 3.05) is 18.0 Å². The van der Waals surface area contributed by atoms with E-state index in [0.717, 1.165) is 49.1 Å². The zero-order valence-corrected chi connectivity index (χ0v) is 29.3. The molecule has 1 unspecified atom stereocenters. The van der Waals surface area contributed by atoms with E-state index in [4.69, 9.17) is 4.98 Å². The van der Waals surface area contributed by atoms with Gasteiger partial charge < -0.3 is 10.0 Å². The molecule has 1 saturated heterocycles. The number of hydrogen-bond acceptors (Lipinski definition) is 5. The van der Waals surface area contributed by atoms with Crippen LogP contribution in [0.25, 0.3) is 5.57 Å². The fourth-order valence-corrected chi connectivity index (χ4v) is 8.82. The minimum atomic E-state index is -4.58. The van der Waals surface area contributed by atoms with Crippen molar-refractivity contribution in [1.82, 2.24) is 15.0 Å². The summed E-state index contributed by atoms with van der Waals surface area (Å²) in [6, 6.07) is 4.06. The molecule has 2 atom stereocenters. The van der Waals surface area contributed by atoms with Crippen LogP contribution in [0.15, 0.2) is 42.7 Å². The second kappa shape index (κ2) is 13.8.